The number of hydrogen-bond acceptors (Lipinski definition) is 1. The Labute approximate surface area is 85.0 Å². The van der Waals surface area contributed by atoms with Gasteiger partial charge in [-0.1, -0.05) is 13.3 Å². The molecule has 0 aliphatic carbocycles. The van der Waals surface area contributed by atoms with E-state index in [9.17, 15) is 35.1 Å². The molecule has 0 aromatic rings. The Morgan fingerprint density at radius 2 is 1.25 bits per heavy atom. The highest BCUT2D eigenvalue weighted by Gasteiger charge is 2.79. The minimum Gasteiger partial charge on any atom is -0.352 e. The highest BCUT2D eigenvalue weighted by molar-refractivity contribution is 4.99. The molecule has 0 spiro atoms. The van der Waals surface area contributed by atoms with Crippen LogP contribution in [-0.2, 0) is 0 Å². The summed E-state index contributed by atoms with van der Waals surface area (Å²) < 4.78 is 97.4. The van der Waals surface area contributed by atoms with Crippen LogP contribution in [0.15, 0.2) is 0 Å². The van der Waals surface area contributed by atoms with Gasteiger partial charge in [0.15, 0.2) is 0 Å². The molecular weight excluding hydrogens is 252 g/mol. The van der Waals surface area contributed by atoms with Crippen molar-refractivity contribution in [1.82, 2.24) is 0 Å². The molecule has 0 saturated heterocycles. The first-order valence-electron chi connectivity index (χ1n) is 4.05. The summed E-state index contributed by atoms with van der Waals surface area (Å²) in [5.41, 5.74) is 0. The first kappa shape index (κ1) is 15.4. The summed E-state index contributed by atoms with van der Waals surface area (Å²) in [6.45, 7) is 1.01. The van der Waals surface area contributed by atoms with E-state index in [1.165, 1.54) is 0 Å². The lowest BCUT2D eigenvalue weighted by molar-refractivity contribution is -0.418. The summed E-state index contributed by atoms with van der Waals surface area (Å²) in [4.78, 5) is 0. The average Bonchev–Trinajstić information content (AvgIpc) is 2.01. The van der Waals surface area contributed by atoms with Crippen molar-refractivity contribution in [3.8, 4) is 0 Å². The standard InChI is InChI=1S/C7H8F8O/c1-2-3-4(8,9)6(12,16)5(10,11)7(13,14)15/h16H,2-3H2,1H3. The fourth-order valence-corrected chi connectivity index (χ4v) is 0.897. The molecule has 98 valence electrons. The van der Waals surface area contributed by atoms with Crippen molar-refractivity contribution in [2.45, 2.75) is 43.6 Å². The summed E-state index contributed by atoms with van der Waals surface area (Å²) in [6.07, 6.45) is -8.81. The summed E-state index contributed by atoms with van der Waals surface area (Å²) in [5.74, 6) is -17.7. The molecule has 0 heterocycles. The fourth-order valence-electron chi connectivity index (χ4n) is 0.897. The van der Waals surface area contributed by atoms with Crippen molar-refractivity contribution in [3.63, 3.8) is 0 Å². The molecule has 0 bridgehead atoms. The molecule has 0 aromatic carbocycles. The maximum Gasteiger partial charge on any atom is 0.459 e. The first-order valence-corrected chi connectivity index (χ1v) is 4.05. The molecule has 16 heavy (non-hydrogen) atoms. The van der Waals surface area contributed by atoms with E-state index in [-0.39, 0.29) is 0 Å². The summed E-state index contributed by atoms with van der Waals surface area (Å²) >= 11 is 0. The number of rotatable bonds is 4. The van der Waals surface area contributed by atoms with Gasteiger partial charge in [-0.2, -0.15) is 26.3 Å². The molecule has 1 nitrogen and oxygen atoms in total. The lowest BCUT2D eigenvalue weighted by Crippen LogP contribution is -2.63. The monoisotopic (exact) mass is 260 g/mol. The van der Waals surface area contributed by atoms with Gasteiger partial charge in [0.25, 0.3) is 0 Å². The first-order chi connectivity index (χ1) is 6.81. The molecule has 0 amide bonds. The van der Waals surface area contributed by atoms with Crippen LogP contribution in [0.2, 0.25) is 0 Å². The second-order valence-corrected chi connectivity index (χ2v) is 3.15. The number of alkyl halides is 8. The molecule has 0 rings (SSSR count). The Morgan fingerprint density at radius 3 is 1.50 bits per heavy atom. The predicted octanol–water partition coefficient (Wildman–Crippen LogP) is 3.28. The lowest BCUT2D eigenvalue weighted by atomic mass is 9.98. The van der Waals surface area contributed by atoms with Gasteiger partial charge in [-0.25, -0.2) is 8.78 Å². The van der Waals surface area contributed by atoms with Gasteiger partial charge in [0, 0.05) is 6.42 Å². The van der Waals surface area contributed by atoms with E-state index in [1.807, 2.05) is 0 Å². The second-order valence-electron chi connectivity index (χ2n) is 3.15. The van der Waals surface area contributed by atoms with Crippen LogP contribution in [0.3, 0.4) is 0 Å². The van der Waals surface area contributed by atoms with Gasteiger partial charge in [-0.15, -0.1) is 0 Å². The topological polar surface area (TPSA) is 20.2 Å². The van der Waals surface area contributed by atoms with Crippen LogP contribution in [0.5, 0.6) is 0 Å². The van der Waals surface area contributed by atoms with E-state index in [2.05, 4.69) is 0 Å². The zero-order chi connectivity index (χ0) is 13.4. The highest BCUT2D eigenvalue weighted by Crippen LogP contribution is 2.51. The van der Waals surface area contributed by atoms with Crippen molar-refractivity contribution in [2.75, 3.05) is 0 Å². The minimum absolute atomic E-state index is 0.576. The Hall–Kier alpha value is -0.600. The third-order valence-electron chi connectivity index (χ3n) is 1.82. The van der Waals surface area contributed by atoms with Crippen molar-refractivity contribution in [3.05, 3.63) is 0 Å². The predicted molar refractivity (Wildman–Crippen MR) is 36.9 cm³/mol. The SMILES string of the molecule is CCCC(F)(F)C(O)(F)C(F)(F)C(F)(F)F. The van der Waals surface area contributed by atoms with Crippen LogP contribution in [0.4, 0.5) is 35.1 Å². The van der Waals surface area contributed by atoms with Crippen LogP contribution in [0, 0.1) is 0 Å². The molecule has 1 unspecified atom stereocenters. The molecule has 1 N–H and O–H groups in total. The molecular formula is C7H8F8O. The van der Waals surface area contributed by atoms with E-state index in [0.717, 1.165) is 6.92 Å². The molecule has 0 aliphatic rings. The van der Waals surface area contributed by atoms with Gasteiger partial charge in [0.2, 0.25) is 0 Å². The summed E-state index contributed by atoms with van der Waals surface area (Å²) in [6, 6.07) is 0. The van der Waals surface area contributed by atoms with Crippen molar-refractivity contribution in [2.24, 2.45) is 0 Å². The Morgan fingerprint density at radius 1 is 0.875 bits per heavy atom. The minimum atomic E-state index is -6.60. The summed E-state index contributed by atoms with van der Waals surface area (Å²) in [7, 11) is 0. The zero-order valence-corrected chi connectivity index (χ0v) is 7.89. The zero-order valence-electron chi connectivity index (χ0n) is 7.89. The van der Waals surface area contributed by atoms with Crippen LogP contribution in [-0.4, -0.2) is 29.0 Å². The quantitative estimate of drug-likeness (QED) is 0.769. The number of hydrogen-bond donors (Lipinski definition) is 1. The largest absolute Gasteiger partial charge is 0.459 e. The highest BCUT2D eigenvalue weighted by atomic mass is 19.4. The second kappa shape index (κ2) is 4.01. The third-order valence-corrected chi connectivity index (χ3v) is 1.82. The van der Waals surface area contributed by atoms with Crippen LogP contribution in [0.1, 0.15) is 19.8 Å². The van der Waals surface area contributed by atoms with E-state index in [1.54, 1.807) is 0 Å². The van der Waals surface area contributed by atoms with Gasteiger partial charge >= 0.3 is 23.9 Å². The van der Waals surface area contributed by atoms with E-state index in [0.29, 0.717) is 0 Å². The number of aliphatic hydroxyl groups is 1. The molecule has 0 saturated carbocycles. The maximum absolute atomic E-state index is 12.7. The van der Waals surface area contributed by atoms with Crippen LogP contribution in [0.25, 0.3) is 0 Å². The Kier molecular flexibility index (Phi) is 3.86. The fraction of sp³-hybridized carbons (Fsp3) is 1.00. The van der Waals surface area contributed by atoms with Crippen molar-refractivity contribution >= 4 is 0 Å². The molecule has 0 radical (unpaired) electrons. The van der Waals surface area contributed by atoms with E-state index >= 15 is 0 Å². The normalized spacial score (nSPS) is 18.4. The summed E-state index contributed by atoms with van der Waals surface area (Å²) in [5, 5.41) is 8.15. The molecule has 1 atom stereocenters. The van der Waals surface area contributed by atoms with E-state index in [4.69, 9.17) is 5.11 Å². The smallest absolute Gasteiger partial charge is 0.352 e. The Balaban J connectivity index is 5.34. The van der Waals surface area contributed by atoms with Gasteiger partial charge in [0.05, 0.1) is 0 Å². The van der Waals surface area contributed by atoms with Gasteiger partial charge in [0.1, 0.15) is 0 Å². The van der Waals surface area contributed by atoms with Gasteiger partial charge < -0.3 is 5.11 Å². The van der Waals surface area contributed by atoms with E-state index < -0.39 is 36.7 Å². The molecule has 0 aliphatic heterocycles. The van der Waals surface area contributed by atoms with Gasteiger partial charge in [-0.3, -0.25) is 0 Å². The number of halogens is 8. The average molecular weight is 260 g/mol. The van der Waals surface area contributed by atoms with Gasteiger partial charge in [-0.05, 0) is 0 Å². The van der Waals surface area contributed by atoms with Crippen molar-refractivity contribution in [1.29, 1.82) is 0 Å². The van der Waals surface area contributed by atoms with Crippen LogP contribution >= 0.6 is 0 Å². The molecule has 0 fully saturated rings. The van der Waals surface area contributed by atoms with Crippen molar-refractivity contribution < 1.29 is 40.2 Å². The third kappa shape index (κ3) is 2.23. The Bertz CT molecular complexity index is 243. The molecule has 0 aromatic heterocycles. The lowest BCUT2D eigenvalue weighted by Gasteiger charge is -2.35. The molecule has 9 heteroatoms. The van der Waals surface area contributed by atoms with Crippen LogP contribution < -0.4 is 0 Å². The maximum atomic E-state index is 12.7.